The molecule has 1 rings (SSSR count). The minimum Gasteiger partial charge on any atom is -0.327 e. The number of hydrogen-bond donors (Lipinski definition) is 0. The Morgan fingerprint density at radius 2 is 1.86 bits per heavy atom. The molecule has 7 heteroatoms. The van der Waals surface area contributed by atoms with Crippen molar-refractivity contribution in [3.8, 4) is 0 Å². The normalized spacial score (nSPS) is 18.9. The second-order valence-electron chi connectivity index (χ2n) is 3.01. The van der Waals surface area contributed by atoms with Gasteiger partial charge in [0, 0.05) is 34.4 Å². The number of amides is 2. The van der Waals surface area contributed by atoms with Crippen LogP contribution in [-0.2, 0) is 13.6 Å². The Labute approximate surface area is 83.4 Å². The molecule has 6 nitrogen and oxygen atoms in total. The number of nitrogens with zero attached hydrogens (tertiary/aromatic N) is 2. The molecule has 82 valence electrons. The number of rotatable bonds is 3. The lowest BCUT2D eigenvalue weighted by Gasteiger charge is -2.35. The third kappa shape index (κ3) is 1.92. The Morgan fingerprint density at radius 1 is 1.29 bits per heavy atom. The number of hydrogen-bond acceptors (Lipinski definition) is 4. The molecular weight excluding hydrogens is 207 g/mol. The fraction of sp³-hybridized carbons (Fsp3) is 0.857. The summed E-state index contributed by atoms with van der Waals surface area (Å²) in [5.41, 5.74) is 0. The van der Waals surface area contributed by atoms with E-state index < -0.39 is 7.75 Å². The van der Waals surface area contributed by atoms with Crippen LogP contribution in [0.15, 0.2) is 0 Å². The Balaban J connectivity index is 2.85. The second kappa shape index (κ2) is 4.29. The van der Waals surface area contributed by atoms with Crippen LogP contribution in [-0.4, -0.2) is 50.0 Å². The number of carbonyl (C=O) groups is 1. The quantitative estimate of drug-likeness (QED) is 0.672. The van der Waals surface area contributed by atoms with Crippen LogP contribution in [0.25, 0.3) is 0 Å². The van der Waals surface area contributed by atoms with Gasteiger partial charge in [-0.05, 0) is 6.42 Å². The zero-order valence-corrected chi connectivity index (χ0v) is 9.49. The van der Waals surface area contributed by atoms with Crippen LogP contribution in [0.2, 0.25) is 0 Å². The lowest BCUT2D eigenvalue weighted by Crippen LogP contribution is -2.45. The fourth-order valence-electron chi connectivity index (χ4n) is 1.34. The van der Waals surface area contributed by atoms with E-state index in [0.29, 0.717) is 13.1 Å². The van der Waals surface area contributed by atoms with Gasteiger partial charge in [-0.1, -0.05) is 0 Å². The Kier molecular flexibility index (Phi) is 3.53. The maximum atomic E-state index is 11.9. The van der Waals surface area contributed by atoms with Crippen molar-refractivity contribution in [3.63, 3.8) is 0 Å². The van der Waals surface area contributed by atoms with Crippen LogP contribution in [0, 0.1) is 0 Å². The van der Waals surface area contributed by atoms with Gasteiger partial charge >= 0.3 is 13.8 Å². The van der Waals surface area contributed by atoms with Crippen molar-refractivity contribution in [2.75, 3.05) is 34.4 Å². The van der Waals surface area contributed by atoms with E-state index in [1.54, 1.807) is 7.05 Å². The second-order valence-corrected chi connectivity index (χ2v) is 5.16. The average molecular weight is 222 g/mol. The van der Waals surface area contributed by atoms with Crippen molar-refractivity contribution >= 4 is 13.8 Å². The van der Waals surface area contributed by atoms with Gasteiger partial charge in [0.2, 0.25) is 0 Å². The molecule has 14 heavy (non-hydrogen) atoms. The molecule has 0 N–H and O–H groups in total. The predicted molar refractivity (Wildman–Crippen MR) is 51.0 cm³/mol. The van der Waals surface area contributed by atoms with Crippen LogP contribution >= 0.6 is 7.75 Å². The zero-order chi connectivity index (χ0) is 10.8. The van der Waals surface area contributed by atoms with Crippen molar-refractivity contribution in [1.29, 1.82) is 0 Å². The first-order valence-electron chi connectivity index (χ1n) is 4.30. The van der Waals surface area contributed by atoms with E-state index in [1.165, 1.54) is 19.1 Å². The molecule has 0 aromatic rings. The first kappa shape index (κ1) is 11.5. The zero-order valence-electron chi connectivity index (χ0n) is 8.60. The summed E-state index contributed by atoms with van der Waals surface area (Å²) in [5, 5.41) is 0. The summed E-state index contributed by atoms with van der Waals surface area (Å²) in [6.45, 7) is 1.07. The van der Waals surface area contributed by atoms with Crippen LogP contribution in [0.4, 0.5) is 4.79 Å². The van der Waals surface area contributed by atoms with Gasteiger partial charge in [-0.15, -0.1) is 0 Å². The van der Waals surface area contributed by atoms with Crippen LogP contribution in [0.5, 0.6) is 0 Å². The molecule has 0 spiro atoms. The smallest absolute Gasteiger partial charge is 0.327 e. The molecule has 0 aliphatic carbocycles. The summed E-state index contributed by atoms with van der Waals surface area (Å²) >= 11 is 0. The van der Waals surface area contributed by atoms with E-state index in [-0.39, 0.29) is 6.03 Å². The first-order valence-corrected chi connectivity index (χ1v) is 5.79. The highest BCUT2D eigenvalue weighted by Gasteiger charge is 2.38. The largest absolute Gasteiger partial charge is 0.438 e. The molecule has 0 atom stereocenters. The lowest BCUT2D eigenvalue weighted by molar-refractivity contribution is 0.147. The van der Waals surface area contributed by atoms with E-state index in [4.69, 9.17) is 9.05 Å². The summed E-state index contributed by atoms with van der Waals surface area (Å²) in [6.07, 6.45) is 0.763. The standard InChI is InChI=1S/C7H15N2O4P/c1-8-5-4-6-9(7(8)10)14(11,12-2)13-3/h4-6H2,1-3H3. The molecule has 0 unspecified atom stereocenters. The minimum absolute atomic E-state index is 0.316. The topological polar surface area (TPSA) is 59.1 Å². The molecule has 0 bridgehead atoms. The monoisotopic (exact) mass is 222 g/mol. The van der Waals surface area contributed by atoms with Crippen molar-refractivity contribution < 1.29 is 18.4 Å². The molecule has 1 aliphatic heterocycles. The van der Waals surface area contributed by atoms with Crippen LogP contribution < -0.4 is 0 Å². The van der Waals surface area contributed by atoms with Crippen LogP contribution in [0.1, 0.15) is 6.42 Å². The maximum absolute atomic E-state index is 11.9. The molecule has 0 saturated carbocycles. The Hall–Kier alpha value is -0.580. The highest BCUT2D eigenvalue weighted by molar-refractivity contribution is 7.52. The Morgan fingerprint density at radius 3 is 2.36 bits per heavy atom. The molecule has 0 aromatic heterocycles. The maximum Gasteiger partial charge on any atom is 0.438 e. The summed E-state index contributed by atoms with van der Waals surface area (Å²) in [5.74, 6) is 0. The molecule has 0 radical (unpaired) electrons. The van der Waals surface area contributed by atoms with Gasteiger partial charge in [-0.25, -0.2) is 14.0 Å². The summed E-state index contributed by atoms with van der Waals surface area (Å²) in [6, 6.07) is -0.316. The van der Waals surface area contributed by atoms with Gasteiger partial charge in [0.15, 0.2) is 0 Å². The molecule has 1 heterocycles. The average Bonchev–Trinajstić information content (AvgIpc) is 2.21. The van der Waals surface area contributed by atoms with Gasteiger partial charge in [0.25, 0.3) is 0 Å². The van der Waals surface area contributed by atoms with Crippen molar-refractivity contribution in [2.24, 2.45) is 0 Å². The van der Waals surface area contributed by atoms with E-state index in [9.17, 15) is 9.36 Å². The SMILES string of the molecule is COP(=O)(OC)N1CCCN(C)C1=O. The van der Waals surface area contributed by atoms with E-state index in [2.05, 4.69) is 0 Å². The molecule has 1 aliphatic rings. The van der Waals surface area contributed by atoms with Crippen LogP contribution in [0.3, 0.4) is 0 Å². The van der Waals surface area contributed by atoms with Gasteiger partial charge in [-0.3, -0.25) is 9.05 Å². The van der Waals surface area contributed by atoms with E-state index in [1.807, 2.05) is 0 Å². The molecule has 0 aromatic carbocycles. The highest BCUT2D eigenvalue weighted by atomic mass is 31.2. The summed E-state index contributed by atoms with van der Waals surface area (Å²) in [4.78, 5) is 13.1. The fourth-order valence-corrected chi connectivity index (χ4v) is 2.64. The summed E-state index contributed by atoms with van der Waals surface area (Å²) < 4.78 is 22.6. The van der Waals surface area contributed by atoms with Gasteiger partial charge in [0.1, 0.15) is 0 Å². The van der Waals surface area contributed by atoms with Crippen molar-refractivity contribution in [3.05, 3.63) is 0 Å². The third-order valence-electron chi connectivity index (χ3n) is 2.17. The number of urea groups is 1. The molecular formula is C7H15N2O4P. The van der Waals surface area contributed by atoms with E-state index in [0.717, 1.165) is 11.1 Å². The van der Waals surface area contributed by atoms with Gasteiger partial charge in [-0.2, -0.15) is 0 Å². The number of carbonyl (C=O) groups excluding carboxylic acids is 1. The molecule has 1 fully saturated rings. The first-order chi connectivity index (χ1) is 6.55. The summed E-state index contributed by atoms with van der Waals surface area (Å²) in [7, 11) is 0.789. The Bertz CT molecular complexity index is 262. The van der Waals surface area contributed by atoms with Crippen molar-refractivity contribution in [2.45, 2.75) is 6.42 Å². The van der Waals surface area contributed by atoms with Gasteiger partial charge < -0.3 is 4.90 Å². The van der Waals surface area contributed by atoms with Crippen molar-refractivity contribution in [1.82, 2.24) is 9.57 Å². The third-order valence-corrected chi connectivity index (χ3v) is 4.05. The minimum atomic E-state index is -3.41. The predicted octanol–water partition coefficient (Wildman–Crippen LogP) is 1.14. The highest BCUT2D eigenvalue weighted by Crippen LogP contribution is 2.51. The van der Waals surface area contributed by atoms with E-state index >= 15 is 0 Å². The molecule has 1 saturated heterocycles. The van der Waals surface area contributed by atoms with Gasteiger partial charge in [0.05, 0.1) is 0 Å². The molecule has 2 amide bonds. The lowest BCUT2D eigenvalue weighted by atomic mass is 10.3.